The van der Waals surface area contributed by atoms with Crippen molar-refractivity contribution < 1.29 is 0 Å². The van der Waals surface area contributed by atoms with Crippen molar-refractivity contribution in [3.05, 3.63) is 28.5 Å². The molecule has 1 saturated heterocycles. The number of hydrogen-bond acceptors (Lipinski definition) is 2. The van der Waals surface area contributed by atoms with Gasteiger partial charge in [-0.15, -0.1) is 0 Å². The quantitative estimate of drug-likeness (QED) is 0.774. The molecule has 15 heavy (non-hydrogen) atoms. The molecule has 2 nitrogen and oxygen atoms in total. The molecule has 0 amide bonds. The number of hydrogen-bond donors (Lipinski definition) is 1. The molecule has 1 fully saturated rings. The van der Waals surface area contributed by atoms with Crippen LogP contribution in [-0.2, 0) is 0 Å². The minimum atomic E-state index is 0.593. The lowest BCUT2D eigenvalue weighted by Crippen LogP contribution is -2.33. The summed E-state index contributed by atoms with van der Waals surface area (Å²) >= 11 is 5.06. The van der Waals surface area contributed by atoms with Crippen molar-refractivity contribution in [1.29, 1.82) is 0 Å². The van der Waals surface area contributed by atoms with Crippen LogP contribution in [0.2, 0.25) is 0 Å². The smallest absolute Gasteiger partial charge is 0.103 e. The van der Waals surface area contributed by atoms with Crippen molar-refractivity contribution in [2.24, 2.45) is 0 Å². The standard InChI is InChI=1S/C12H18N2S/c1-2-14-8-4-3-5-11(14)10-6-7-12(15)13-9-10/h6-7,9,11H,2-5,8H2,1H3,(H,13,15)/t11-/m1/s1. The van der Waals surface area contributed by atoms with Gasteiger partial charge in [0.05, 0.1) is 0 Å². The molecule has 1 atom stereocenters. The molecule has 1 aliphatic heterocycles. The average molecular weight is 222 g/mol. The Morgan fingerprint density at radius 1 is 1.47 bits per heavy atom. The maximum atomic E-state index is 5.06. The van der Waals surface area contributed by atoms with Crippen molar-refractivity contribution in [1.82, 2.24) is 9.88 Å². The molecule has 1 aliphatic rings. The normalized spacial score (nSPS) is 22.9. The Bertz CT molecular complexity index is 352. The van der Waals surface area contributed by atoms with E-state index >= 15 is 0 Å². The lowest BCUT2D eigenvalue weighted by Gasteiger charge is -2.35. The number of likely N-dealkylation sites (tertiary alicyclic amines) is 1. The van der Waals surface area contributed by atoms with E-state index in [-0.39, 0.29) is 0 Å². The van der Waals surface area contributed by atoms with E-state index in [9.17, 15) is 0 Å². The molecular formula is C12H18N2S. The first-order chi connectivity index (χ1) is 7.31. The van der Waals surface area contributed by atoms with E-state index in [1.807, 2.05) is 6.07 Å². The Hall–Kier alpha value is -0.670. The topological polar surface area (TPSA) is 19.0 Å². The zero-order valence-corrected chi connectivity index (χ0v) is 10.0. The van der Waals surface area contributed by atoms with Gasteiger partial charge in [0, 0.05) is 12.2 Å². The molecule has 0 bridgehead atoms. The highest BCUT2D eigenvalue weighted by atomic mass is 32.1. The second kappa shape index (κ2) is 4.90. The second-order valence-electron chi connectivity index (χ2n) is 4.13. The molecule has 0 unspecified atom stereocenters. The fraction of sp³-hybridized carbons (Fsp3) is 0.583. The lowest BCUT2D eigenvalue weighted by atomic mass is 9.96. The van der Waals surface area contributed by atoms with Gasteiger partial charge in [0.1, 0.15) is 4.64 Å². The molecule has 1 aromatic rings. The van der Waals surface area contributed by atoms with E-state index in [1.165, 1.54) is 31.4 Å². The Morgan fingerprint density at radius 2 is 2.33 bits per heavy atom. The minimum absolute atomic E-state index is 0.593. The number of H-pyrrole nitrogens is 1. The van der Waals surface area contributed by atoms with Crippen LogP contribution < -0.4 is 0 Å². The molecule has 0 aromatic carbocycles. The van der Waals surface area contributed by atoms with Gasteiger partial charge in [-0.2, -0.15) is 0 Å². The highest BCUT2D eigenvalue weighted by molar-refractivity contribution is 7.71. The summed E-state index contributed by atoms with van der Waals surface area (Å²) in [4.78, 5) is 5.68. The molecule has 0 aliphatic carbocycles. The Kier molecular flexibility index (Phi) is 3.54. The number of nitrogens with zero attached hydrogens (tertiary/aromatic N) is 1. The summed E-state index contributed by atoms with van der Waals surface area (Å²) in [7, 11) is 0. The zero-order valence-electron chi connectivity index (χ0n) is 9.20. The third kappa shape index (κ3) is 2.47. The van der Waals surface area contributed by atoms with Gasteiger partial charge >= 0.3 is 0 Å². The molecule has 2 heterocycles. The summed E-state index contributed by atoms with van der Waals surface area (Å²) in [6.07, 6.45) is 6.03. The first kappa shape index (κ1) is 10.8. The first-order valence-electron chi connectivity index (χ1n) is 5.74. The molecule has 1 aromatic heterocycles. The molecular weight excluding hydrogens is 204 g/mol. The maximum Gasteiger partial charge on any atom is 0.103 e. The fourth-order valence-corrected chi connectivity index (χ4v) is 2.50. The molecule has 1 N–H and O–H groups in total. The van der Waals surface area contributed by atoms with Gasteiger partial charge in [-0.25, -0.2) is 0 Å². The maximum absolute atomic E-state index is 5.06. The van der Waals surface area contributed by atoms with Gasteiger partial charge in [0.15, 0.2) is 0 Å². The summed E-state index contributed by atoms with van der Waals surface area (Å²) in [5.74, 6) is 0. The van der Waals surface area contributed by atoms with E-state index in [2.05, 4.69) is 29.1 Å². The largest absolute Gasteiger partial charge is 0.353 e. The van der Waals surface area contributed by atoms with E-state index < -0.39 is 0 Å². The summed E-state index contributed by atoms with van der Waals surface area (Å²) < 4.78 is 0.817. The molecule has 82 valence electrons. The summed E-state index contributed by atoms with van der Waals surface area (Å²) in [6.45, 7) is 4.61. The molecule has 0 spiro atoms. The SMILES string of the molecule is CCN1CCCC[C@@H]1c1ccc(=S)[nH]c1. The van der Waals surface area contributed by atoms with E-state index in [0.717, 1.165) is 11.2 Å². The highest BCUT2D eigenvalue weighted by Gasteiger charge is 2.22. The van der Waals surface area contributed by atoms with Crippen molar-refractivity contribution in [2.45, 2.75) is 32.2 Å². The van der Waals surface area contributed by atoms with Gasteiger partial charge in [-0.3, -0.25) is 4.90 Å². The van der Waals surface area contributed by atoms with Crippen LogP contribution in [0.1, 0.15) is 37.8 Å². The van der Waals surface area contributed by atoms with Crippen molar-refractivity contribution in [3.8, 4) is 0 Å². The van der Waals surface area contributed by atoms with Gasteiger partial charge in [-0.05, 0) is 37.6 Å². The summed E-state index contributed by atoms with van der Waals surface area (Å²) in [5.41, 5.74) is 1.38. The summed E-state index contributed by atoms with van der Waals surface area (Å²) in [5, 5.41) is 0. The number of aromatic amines is 1. The van der Waals surface area contributed by atoms with Crippen LogP contribution in [0, 0.1) is 4.64 Å². The van der Waals surface area contributed by atoms with Crippen LogP contribution in [0.3, 0.4) is 0 Å². The Morgan fingerprint density at radius 3 is 3.00 bits per heavy atom. The predicted molar refractivity (Wildman–Crippen MR) is 65.5 cm³/mol. The minimum Gasteiger partial charge on any atom is -0.353 e. The average Bonchev–Trinajstić information content (AvgIpc) is 2.30. The van der Waals surface area contributed by atoms with Crippen LogP contribution in [0.15, 0.2) is 18.3 Å². The van der Waals surface area contributed by atoms with Crippen molar-refractivity contribution in [2.75, 3.05) is 13.1 Å². The van der Waals surface area contributed by atoms with E-state index in [4.69, 9.17) is 12.2 Å². The van der Waals surface area contributed by atoms with E-state index in [1.54, 1.807) is 0 Å². The van der Waals surface area contributed by atoms with Crippen LogP contribution in [0.5, 0.6) is 0 Å². The Balaban J connectivity index is 2.20. The predicted octanol–water partition coefficient (Wildman–Crippen LogP) is 3.29. The number of aromatic nitrogens is 1. The molecule has 0 radical (unpaired) electrons. The third-order valence-electron chi connectivity index (χ3n) is 3.21. The zero-order chi connectivity index (χ0) is 10.7. The Labute approximate surface area is 96.3 Å². The first-order valence-corrected chi connectivity index (χ1v) is 6.15. The molecule has 2 rings (SSSR count). The number of nitrogens with one attached hydrogen (secondary N) is 1. The summed E-state index contributed by atoms with van der Waals surface area (Å²) in [6, 6.07) is 4.75. The number of rotatable bonds is 2. The number of piperidine rings is 1. The molecule has 0 saturated carbocycles. The van der Waals surface area contributed by atoms with Crippen LogP contribution in [0.25, 0.3) is 0 Å². The van der Waals surface area contributed by atoms with Gasteiger partial charge in [0.2, 0.25) is 0 Å². The third-order valence-corrected chi connectivity index (χ3v) is 3.47. The van der Waals surface area contributed by atoms with Crippen LogP contribution in [-0.4, -0.2) is 23.0 Å². The van der Waals surface area contributed by atoms with Gasteiger partial charge in [0.25, 0.3) is 0 Å². The van der Waals surface area contributed by atoms with Crippen molar-refractivity contribution in [3.63, 3.8) is 0 Å². The highest BCUT2D eigenvalue weighted by Crippen LogP contribution is 2.29. The van der Waals surface area contributed by atoms with E-state index in [0.29, 0.717) is 6.04 Å². The van der Waals surface area contributed by atoms with Gasteiger partial charge in [-0.1, -0.05) is 31.6 Å². The monoisotopic (exact) mass is 222 g/mol. The van der Waals surface area contributed by atoms with Gasteiger partial charge < -0.3 is 4.98 Å². The number of pyridine rings is 1. The van der Waals surface area contributed by atoms with Crippen LogP contribution in [0.4, 0.5) is 0 Å². The van der Waals surface area contributed by atoms with Crippen LogP contribution >= 0.6 is 12.2 Å². The lowest BCUT2D eigenvalue weighted by molar-refractivity contribution is 0.157. The fourth-order valence-electron chi connectivity index (χ4n) is 2.38. The molecule has 3 heteroatoms. The van der Waals surface area contributed by atoms with Crippen molar-refractivity contribution >= 4 is 12.2 Å². The second-order valence-corrected chi connectivity index (χ2v) is 4.57.